The van der Waals surface area contributed by atoms with Crippen LogP contribution in [-0.2, 0) is 9.84 Å². The Kier molecular flexibility index (Phi) is 5.64. The van der Waals surface area contributed by atoms with E-state index in [1.165, 1.54) is 30.6 Å². The van der Waals surface area contributed by atoms with E-state index in [1.807, 2.05) is 0 Å². The molecule has 1 unspecified atom stereocenters. The number of sulfone groups is 1. The van der Waals surface area contributed by atoms with Gasteiger partial charge in [0.25, 0.3) is 0 Å². The number of aromatic nitrogens is 2. The first-order valence-corrected chi connectivity index (χ1v) is 10.6. The lowest BCUT2D eigenvalue weighted by Gasteiger charge is -2.44. The molecule has 1 atom stereocenters. The molecule has 1 fully saturated rings. The summed E-state index contributed by atoms with van der Waals surface area (Å²) >= 11 is 0. The Balaban J connectivity index is 1.90. The van der Waals surface area contributed by atoms with E-state index in [1.54, 1.807) is 24.8 Å². The first-order valence-electron chi connectivity index (χ1n) is 9.08. The molecule has 7 nitrogen and oxygen atoms in total. The number of halogens is 1. The molecule has 3 rings (SSSR count). The zero-order valence-electron chi connectivity index (χ0n) is 15.8. The summed E-state index contributed by atoms with van der Waals surface area (Å²) in [4.78, 5) is 14.3. The van der Waals surface area contributed by atoms with Gasteiger partial charge in [0.05, 0.1) is 33.8 Å². The molecule has 150 valence electrons. The van der Waals surface area contributed by atoms with Gasteiger partial charge in [0, 0.05) is 6.54 Å². The lowest BCUT2D eigenvalue weighted by atomic mass is 9.92. The fourth-order valence-electron chi connectivity index (χ4n) is 3.57. The van der Waals surface area contributed by atoms with Gasteiger partial charge < -0.3 is 10.2 Å². The Hall–Kier alpha value is -2.55. The van der Waals surface area contributed by atoms with Crippen LogP contribution in [0.1, 0.15) is 33.1 Å². The normalized spacial score (nSPS) is 18.0. The molecule has 1 aromatic carbocycles. The Morgan fingerprint density at radius 2 is 2.04 bits per heavy atom. The van der Waals surface area contributed by atoms with Crippen LogP contribution in [0.15, 0.2) is 47.6 Å². The van der Waals surface area contributed by atoms with Crippen molar-refractivity contribution in [2.24, 2.45) is 0 Å². The largest absolute Gasteiger partial charge is 0.322 e. The first kappa shape index (κ1) is 20.2. The second-order valence-electron chi connectivity index (χ2n) is 7.33. The SMILES string of the molecule is CC(C)(C1CCCCN1C(=O)Nc1ccnnc1)S(=O)(=O)c1cccc(F)c1. The molecule has 0 spiro atoms. The van der Waals surface area contributed by atoms with Gasteiger partial charge in [0.1, 0.15) is 5.82 Å². The van der Waals surface area contributed by atoms with E-state index in [0.717, 1.165) is 18.9 Å². The molecule has 1 aromatic heterocycles. The fraction of sp³-hybridized carbons (Fsp3) is 0.421. The first-order chi connectivity index (χ1) is 13.2. The number of nitrogens with zero attached hydrogens (tertiary/aromatic N) is 3. The molecule has 0 radical (unpaired) electrons. The monoisotopic (exact) mass is 406 g/mol. The van der Waals surface area contributed by atoms with Gasteiger partial charge in [-0.25, -0.2) is 17.6 Å². The number of benzene rings is 1. The summed E-state index contributed by atoms with van der Waals surface area (Å²) in [7, 11) is -3.88. The molecular weight excluding hydrogens is 383 g/mol. The van der Waals surface area contributed by atoms with Gasteiger partial charge in [0.2, 0.25) is 0 Å². The number of anilines is 1. The summed E-state index contributed by atoms with van der Waals surface area (Å²) < 4.78 is 38.9. The van der Waals surface area contributed by atoms with Crippen LogP contribution < -0.4 is 5.32 Å². The van der Waals surface area contributed by atoms with Gasteiger partial charge in [-0.3, -0.25) is 0 Å². The average Bonchev–Trinajstić information content (AvgIpc) is 2.68. The number of hydrogen-bond acceptors (Lipinski definition) is 5. The minimum absolute atomic E-state index is 0.0817. The second kappa shape index (κ2) is 7.83. The van der Waals surface area contributed by atoms with Crippen molar-refractivity contribution in [2.75, 3.05) is 11.9 Å². The zero-order chi connectivity index (χ0) is 20.4. The third-order valence-electron chi connectivity index (χ3n) is 5.20. The molecule has 0 aliphatic carbocycles. The summed E-state index contributed by atoms with van der Waals surface area (Å²) in [5.41, 5.74) is 0.482. The van der Waals surface area contributed by atoms with E-state index >= 15 is 0 Å². The molecule has 9 heteroatoms. The number of piperidine rings is 1. The number of likely N-dealkylation sites (tertiary alicyclic amines) is 1. The highest BCUT2D eigenvalue weighted by Gasteiger charge is 2.47. The predicted molar refractivity (Wildman–Crippen MR) is 103 cm³/mol. The molecule has 28 heavy (non-hydrogen) atoms. The number of hydrogen-bond donors (Lipinski definition) is 1. The minimum Gasteiger partial charge on any atom is -0.320 e. The van der Waals surface area contributed by atoms with Crippen LogP contribution in [0.25, 0.3) is 0 Å². The summed E-state index contributed by atoms with van der Waals surface area (Å²) in [6.45, 7) is 3.63. The zero-order valence-corrected chi connectivity index (χ0v) is 16.6. The van der Waals surface area contributed by atoms with Crippen molar-refractivity contribution in [1.82, 2.24) is 15.1 Å². The molecule has 2 aromatic rings. The van der Waals surface area contributed by atoms with Crippen LogP contribution in [0.3, 0.4) is 0 Å². The molecule has 2 heterocycles. The van der Waals surface area contributed by atoms with Crippen LogP contribution in [0.4, 0.5) is 14.9 Å². The van der Waals surface area contributed by atoms with E-state index in [2.05, 4.69) is 15.5 Å². The highest BCUT2D eigenvalue weighted by Crippen LogP contribution is 2.36. The Morgan fingerprint density at radius 1 is 1.25 bits per heavy atom. The highest BCUT2D eigenvalue weighted by molar-refractivity contribution is 7.92. The van der Waals surface area contributed by atoms with Gasteiger partial charge in [-0.05, 0) is 57.4 Å². The van der Waals surface area contributed by atoms with Gasteiger partial charge in [-0.1, -0.05) is 6.07 Å². The van der Waals surface area contributed by atoms with Crippen LogP contribution in [0.2, 0.25) is 0 Å². The quantitative estimate of drug-likeness (QED) is 0.841. The van der Waals surface area contributed by atoms with E-state index in [-0.39, 0.29) is 10.9 Å². The van der Waals surface area contributed by atoms with E-state index in [4.69, 9.17) is 0 Å². The maximum Gasteiger partial charge on any atom is 0.322 e. The molecular formula is C19H23FN4O3S. The second-order valence-corrected chi connectivity index (χ2v) is 9.86. The number of amides is 2. The smallest absolute Gasteiger partial charge is 0.320 e. The van der Waals surface area contributed by atoms with Crippen LogP contribution in [-0.4, -0.2) is 46.9 Å². The maximum atomic E-state index is 13.6. The number of urea groups is 1. The van der Waals surface area contributed by atoms with Gasteiger partial charge in [-0.15, -0.1) is 0 Å². The van der Waals surface area contributed by atoms with Gasteiger partial charge >= 0.3 is 6.03 Å². The molecule has 1 aliphatic rings. The van der Waals surface area contributed by atoms with Crippen molar-refractivity contribution in [1.29, 1.82) is 0 Å². The van der Waals surface area contributed by atoms with Crippen LogP contribution >= 0.6 is 0 Å². The molecule has 1 N–H and O–H groups in total. The lowest BCUT2D eigenvalue weighted by molar-refractivity contribution is 0.144. The molecule has 2 amide bonds. The third-order valence-corrected chi connectivity index (χ3v) is 7.73. The summed E-state index contributed by atoms with van der Waals surface area (Å²) in [5.74, 6) is -0.611. The Labute approximate surface area is 163 Å². The number of carbonyl (C=O) groups is 1. The van der Waals surface area contributed by atoms with E-state index in [9.17, 15) is 17.6 Å². The molecule has 0 bridgehead atoms. The average molecular weight is 406 g/mol. The van der Waals surface area contributed by atoms with Crippen LogP contribution in [0.5, 0.6) is 0 Å². The standard InChI is InChI=1S/C19H23FN4O3S/c1-19(2,28(26,27)16-7-5-6-14(20)12-16)17-8-3-4-11-24(17)18(25)23-15-9-10-21-22-13-15/h5-7,9-10,12-13,17H,3-4,8,11H2,1-2H3,(H,21,23,25). The van der Waals surface area contributed by atoms with E-state index < -0.39 is 26.4 Å². The van der Waals surface area contributed by atoms with Crippen molar-refractivity contribution in [3.05, 3.63) is 48.5 Å². The van der Waals surface area contributed by atoms with E-state index in [0.29, 0.717) is 18.7 Å². The molecule has 1 saturated heterocycles. The fourth-order valence-corrected chi connectivity index (χ4v) is 5.31. The molecule has 0 saturated carbocycles. The maximum absolute atomic E-state index is 13.6. The minimum atomic E-state index is -3.88. The Bertz CT molecular complexity index is 951. The van der Waals surface area contributed by atoms with Crippen molar-refractivity contribution < 1.29 is 17.6 Å². The Morgan fingerprint density at radius 3 is 2.71 bits per heavy atom. The molecule has 1 aliphatic heterocycles. The van der Waals surface area contributed by atoms with Crippen molar-refractivity contribution in [3.63, 3.8) is 0 Å². The van der Waals surface area contributed by atoms with Crippen LogP contribution in [0, 0.1) is 5.82 Å². The number of rotatable bonds is 4. The van der Waals surface area contributed by atoms with Crippen molar-refractivity contribution in [2.45, 2.75) is 48.8 Å². The number of nitrogens with one attached hydrogen (secondary N) is 1. The third kappa shape index (κ3) is 3.84. The topological polar surface area (TPSA) is 92.3 Å². The summed E-state index contributed by atoms with van der Waals surface area (Å²) in [6, 6.07) is 5.65. The summed E-state index contributed by atoms with van der Waals surface area (Å²) in [6.07, 6.45) is 5.03. The lowest BCUT2D eigenvalue weighted by Crippen LogP contribution is -2.58. The van der Waals surface area contributed by atoms with Crippen molar-refractivity contribution >= 4 is 21.6 Å². The van der Waals surface area contributed by atoms with Gasteiger partial charge in [-0.2, -0.15) is 10.2 Å². The number of carbonyl (C=O) groups excluding carboxylic acids is 1. The van der Waals surface area contributed by atoms with Crippen molar-refractivity contribution in [3.8, 4) is 0 Å². The van der Waals surface area contributed by atoms with Gasteiger partial charge in [0.15, 0.2) is 9.84 Å². The summed E-state index contributed by atoms with van der Waals surface area (Å²) in [5, 5.41) is 10.1. The highest BCUT2D eigenvalue weighted by atomic mass is 32.2. The predicted octanol–water partition coefficient (Wildman–Crippen LogP) is 3.25.